The Morgan fingerprint density at radius 3 is 2.82 bits per heavy atom. The molecule has 1 aliphatic heterocycles. The monoisotopic (exact) mass is 257 g/mol. The Bertz CT molecular complexity index is 506. The van der Waals surface area contributed by atoms with Gasteiger partial charge in [0.2, 0.25) is 0 Å². The minimum Gasteiger partial charge on any atom is -0.364 e. The van der Waals surface area contributed by atoms with Crippen LogP contribution < -0.4 is 5.32 Å². The van der Waals surface area contributed by atoms with E-state index in [0.29, 0.717) is 18.9 Å². The molecule has 1 unspecified atom stereocenters. The number of rotatable bonds is 3. The zero-order valence-corrected chi connectivity index (χ0v) is 10.6. The van der Waals surface area contributed by atoms with Crippen molar-refractivity contribution in [2.75, 3.05) is 20.4 Å². The summed E-state index contributed by atoms with van der Waals surface area (Å²) in [6, 6.07) is 5.07. The lowest BCUT2D eigenvalue weighted by Crippen LogP contribution is -2.18. The van der Waals surface area contributed by atoms with Crippen molar-refractivity contribution >= 4 is 10.1 Å². The third-order valence-electron chi connectivity index (χ3n) is 2.75. The maximum atomic E-state index is 11.8. The second kappa shape index (κ2) is 4.73. The molecule has 0 spiro atoms. The van der Waals surface area contributed by atoms with Crippen LogP contribution in [0, 0.1) is 6.92 Å². The topological polar surface area (TPSA) is 64.6 Å². The van der Waals surface area contributed by atoms with Gasteiger partial charge < -0.3 is 4.74 Å². The predicted octanol–water partition coefficient (Wildman–Crippen LogP) is 0.949. The summed E-state index contributed by atoms with van der Waals surface area (Å²) in [6.45, 7) is 2.82. The van der Waals surface area contributed by atoms with Gasteiger partial charge in [0.1, 0.15) is 0 Å². The fourth-order valence-corrected chi connectivity index (χ4v) is 2.76. The molecular weight excluding hydrogens is 242 g/mol. The fourth-order valence-electron chi connectivity index (χ4n) is 1.85. The van der Waals surface area contributed by atoms with Gasteiger partial charge in [0.05, 0.1) is 31.4 Å². The first-order chi connectivity index (χ1) is 8.04. The lowest BCUT2D eigenvalue weighted by atomic mass is 10.1. The molecule has 1 heterocycles. The molecule has 1 aromatic carbocycles. The zero-order valence-electron chi connectivity index (χ0n) is 9.76. The van der Waals surface area contributed by atoms with Gasteiger partial charge in [0.25, 0.3) is 10.1 Å². The molecule has 5 nitrogen and oxygen atoms in total. The Morgan fingerprint density at radius 2 is 2.24 bits per heavy atom. The van der Waals surface area contributed by atoms with Crippen molar-refractivity contribution in [2.24, 2.45) is 0 Å². The van der Waals surface area contributed by atoms with Crippen LogP contribution >= 0.6 is 0 Å². The number of hydrogen-bond donors (Lipinski definition) is 1. The van der Waals surface area contributed by atoms with E-state index in [4.69, 9.17) is 4.74 Å². The van der Waals surface area contributed by atoms with Crippen LogP contribution in [0.1, 0.15) is 17.2 Å². The fraction of sp³-hybridized carbons (Fsp3) is 0.455. The van der Waals surface area contributed by atoms with Crippen molar-refractivity contribution in [3.05, 3.63) is 29.3 Å². The van der Waals surface area contributed by atoms with Gasteiger partial charge in [-0.2, -0.15) is 8.42 Å². The summed E-state index contributed by atoms with van der Waals surface area (Å²) in [4.78, 5) is 0.202. The molecule has 0 aliphatic carbocycles. The maximum Gasteiger partial charge on any atom is 0.297 e. The average molecular weight is 257 g/mol. The summed E-state index contributed by atoms with van der Waals surface area (Å²) in [5, 5.41) is 3.09. The van der Waals surface area contributed by atoms with E-state index in [0.717, 1.165) is 12.7 Å². The molecule has 0 radical (unpaired) electrons. The number of nitrogens with one attached hydrogen (secondary N) is 1. The molecule has 1 saturated heterocycles. The lowest BCUT2D eigenvalue weighted by Gasteiger charge is -2.14. The van der Waals surface area contributed by atoms with Gasteiger partial charge in [-0.3, -0.25) is 9.50 Å². The van der Waals surface area contributed by atoms with E-state index in [1.165, 1.54) is 0 Å². The molecule has 1 aromatic rings. The van der Waals surface area contributed by atoms with Gasteiger partial charge in [-0.1, -0.05) is 17.7 Å². The molecule has 0 amide bonds. The highest BCUT2D eigenvalue weighted by Gasteiger charge is 2.26. The highest BCUT2D eigenvalue weighted by atomic mass is 32.2. The van der Waals surface area contributed by atoms with E-state index in [2.05, 4.69) is 9.50 Å². The number of aryl methyl sites for hydroxylation is 1. The molecule has 1 fully saturated rings. The van der Waals surface area contributed by atoms with Crippen molar-refractivity contribution in [3.63, 3.8) is 0 Å². The standard InChI is InChI=1S/C11H15NO4S/c1-8-3-4-11(17(13,14)15-2)9(5-8)10-6-16-7-12-10/h3-5,10,12H,6-7H2,1-2H3. The predicted molar refractivity (Wildman–Crippen MR) is 62.1 cm³/mol. The lowest BCUT2D eigenvalue weighted by molar-refractivity contribution is 0.189. The zero-order chi connectivity index (χ0) is 12.5. The van der Waals surface area contributed by atoms with Crippen LogP contribution in [-0.4, -0.2) is 28.9 Å². The normalized spacial score (nSPS) is 20.7. The number of ether oxygens (including phenoxy) is 1. The molecule has 1 atom stereocenters. The van der Waals surface area contributed by atoms with E-state index >= 15 is 0 Å². The van der Waals surface area contributed by atoms with Gasteiger partial charge in [0.15, 0.2) is 0 Å². The van der Waals surface area contributed by atoms with E-state index in [9.17, 15) is 8.42 Å². The van der Waals surface area contributed by atoms with E-state index in [1.54, 1.807) is 12.1 Å². The minimum atomic E-state index is -3.68. The number of benzene rings is 1. The molecule has 1 N–H and O–H groups in total. The van der Waals surface area contributed by atoms with E-state index in [1.807, 2.05) is 13.0 Å². The molecule has 0 bridgehead atoms. The minimum absolute atomic E-state index is 0.102. The largest absolute Gasteiger partial charge is 0.364 e. The molecule has 1 aliphatic rings. The summed E-state index contributed by atoms with van der Waals surface area (Å²) in [6.07, 6.45) is 0. The summed E-state index contributed by atoms with van der Waals surface area (Å²) >= 11 is 0. The van der Waals surface area contributed by atoms with Gasteiger partial charge in [-0.05, 0) is 18.6 Å². The second-order valence-corrected chi connectivity index (χ2v) is 5.62. The van der Waals surface area contributed by atoms with Gasteiger partial charge in [0, 0.05) is 0 Å². The van der Waals surface area contributed by atoms with Crippen molar-refractivity contribution in [1.82, 2.24) is 5.32 Å². The van der Waals surface area contributed by atoms with Crippen molar-refractivity contribution in [3.8, 4) is 0 Å². The molecule has 94 valence electrons. The summed E-state index contributed by atoms with van der Waals surface area (Å²) < 4.78 is 33.4. The average Bonchev–Trinajstić information content (AvgIpc) is 2.82. The Labute approximate surface area is 101 Å². The smallest absolute Gasteiger partial charge is 0.297 e. The highest BCUT2D eigenvalue weighted by Crippen LogP contribution is 2.27. The van der Waals surface area contributed by atoms with Crippen LogP contribution in [0.15, 0.2) is 23.1 Å². The van der Waals surface area contributed by atoms with Crippen molar-refractivity contribution in [2.45, 2.75) is 17.9 Å². The molecule has 0 saturated carbocycles. The highest BCUT2D eigenvalue weighted by molar-refractivity contribution is 7.86. The summed E-state index contributed by atoms with van der Waals surface area (Å²) in [5.41, 5.74) is 1.70. The van der Waals surface area contributed by atoms with Crippen LogP contribution in [0.5, 0.6) is 0 Å². The van der Waals surface area contributed by atoms with Gasteiger partial charge in [-0.15, -0.1) is 0 Å². The van der Waals surface area contributed by atoms with Gasteiger partial charge in [-0.25, -0.2) is 0 Å². The van der Waals surface area contributed by atoms with Crippen molar-refractivity contribution < 1.29 is 17.3 Å². The molecular formula is C11H15NO4S. The quantitative estimate of drug-likeness (QED) is 0.817. The Kier molecular flexibility index (Phi) is 3.48. The Hall–Kier alpha value is -0.950. The van der Waals surface area contributed by atoms with E-state index in [-0.39, 0.29) is 10.9 Å². The molecule has 17 heavy (non-hydrogen) atoms. The Balaban J connectivity index is 2.51. The summed E-state index contributed by atoms with van der Waals surface area (Å²) in [7, 11) is -2.51. The third-order valence-corrected chi connectivity index (χ3v) is 4.10. The number of hydrogen-bond acceptors (Lipinski definition) is 5. The van der Waals surface area contributed by atoms with Crippen LogP contribution in [0.3, 0.4) is 0 Å². The van der Waals surface area contributed by atoms with Crippen LogP contribution in [0.25, 0.3) is 0 Å². The Morgan fingerprint density at radius 1 is 1.47 bits per heavy atom. The van der Waals surface area contributed by atoms with Crippen LogP contribution in [0.4, 0.5) is 0 Å². The first-order valence-electron chi connectivity index (χ1n) is 5.27. The molecule has 6 heteroatoms. The SMILES string of the molecule is COS(=O)(=O)c1ccc(C)cc1C1COCN1. The molecule has 0 aromatic heterocycles. The van der Waals surface area contributed by atoms with E-state index < -0.39 is 10.1 Å². The van der Waals surface area contributed by atoms with Crippen molar-refractivity contribution in [1.29, 1.82) is 0 Å². The first kappa shape index (κ1) is 12.5. The third kappa shape index (κ3) is 2.50. The molecule has 2 rings (SSSR count). The van der Waals surface area contributed by atoms with Crippen LogP contribution in [-0.2, 0) is 19.0 Å². The first-order valence-corrected chi connectivity index (χ1v) is 6.68. The maximum absolute atomic E-state index is 11.8. The second-order valence-electron chi connectivity index (χ2n) is 3.93. The van der Waals surface area contributed by atoms with Crippen LogP contribution in [0.2, 0.25) is 0 Å². The van der Waals surface area contributed by atoms with Gasteiger partial charge >= 0.3 is 0 Å². The summed E-state index contributed by atoms with van der Waals surface area (Å²) in [5.74, 6) is 0.